The second-order valence-electron chi connectivity index (χ2n) is 4.24. The molecule has 2 aromatic heterocycles. The fourth-order valence-corrected chi connectivity index (χ4v) is 2.74. The lowest BCUT2D eigenvalue weighted by molar-refractivity contribution is 0.101. The van der Waals surface area contributed by atoms with Crippen LogP contribution in [-0.2, 0) is 0 Å². The minimum absolute atomic E-state index is 0.0991. The van der Waals surface area contributed by atoms with E-state index in [-0.39, 0.29) is 5.78 Å². The van der Waals surface area contributed by atoms with E-state index < -0.39 is 0 Å². The van der Waals surface area contributed by atoms with Gasteiger partial charge in [0.25, 0.3) is 0 Å². The number of aromatic nitrogens is 2. The number of carbonyl (C=O) groups is 1. The summed E-state index contributed by atoms with van der Waals surface area (Å²) in [5.41, 5.74) is 2.95. The number of nitriles is 1. The number of ketones is 1. The number of aryl methyl sites for hydroxylation is 1. The van der Waals surface area contributed by atoms with Crippen molar-refractivity contribution in [2.45, 2.75) is 18.9 Å². The van der Waals surface area contributed by atoms with Crippen molar-refractivity contribution in [3.8, 4) is 17.2 Å². The lowest BCUT2D eigenvalue weighted by Gasteiger charge is -2.14. The van der Waals surface area contributed by atoms with E-state index in [9.17, 15) is 10.1 Å². The third-order valence-electron chi connectivity index (χ3n) is 2.95. The number of nitrogens with zero attached hydrogens (tertiary/aromatic N) is 3. The molecule has 100 valence electrons. The van der Waals surface area contributed by atoms with Crippen molar-refractivity contribution in [1.82, 2.24) is 9.97 Å². The number of carbonyl (C=O) groups excluding carboxylic acids is 1. The Bertz CT molecular complexity index is 705. The summed E-state index contributed by atoms with van der Waals surface area (Å²) in [6.07, 6.45) is 5.18. The van der Waals surface area contributed by atoms with E-state index in [4.69, 9.17) is 0 Å². The van der Waals surface area contributed by atoms with Gasteiger partial charge in [0.1, 0.15) is 11.1 Å². The Kier molecular flexibility index (Phi) is 4.16. The number of pyridine rings is 2. The van der Waals surface area contributed by atoms with Crippen LogP contribution in [0.5, 0.6) is 0 Å². The van der Waals surface area contributed by atoms with Crippen LogP contribution in [0.25, 0.3) is 11.1 Å². The summed E-state index contributed by atoms with van der Waals surface area (Å²) in [5, 5.41) is 10.1. The monoisotopic (exact) mass is 283 g/mol. The Morgan fingerprint density at radius 3 is 2.70 bits per heavy atom. The predicted molar refractivity (Wildman–Crippen MR) is 78.7 cm³/mol. The van der Waals surface area contributed by atoms with Crippen LogP contribution in [0.4, 0.5) is 0 Å². The molecule has 0 saturated heterocycles. The van der Waals surface area contributed by atoms with Crippen LogP contribution in [0.1, 0.15) is 28.5 Å². The highest BCUT2D eigenvalue weighted by molar-refractivity contribution is 7.98. The fraction of sp³-hybridized carbons (Fsp3) is 0.200. The maximum Gasteiger partial charge on any atom is 0.162 e. The van der Waals surface area contributed by atoms with E-state index in [2.05, 4.69) is 16.0 Å². The molecule has 4 nitrogen and oxygen atoms in total. The largest absolute Gasteiger partial charge is 0.294 e. The molecule has 0 spiro atoms. The van der Waals surface area contributed by atoms with Gasteiger partial charge in [0.05, 0.1) is 11.3 Å². The molecular formula is C15H13N3OS. The second kappa shape index (κ2) is 5.85. The molecule has 0 aliphatic heterocycles. The topological polar surface area (TPSA) is 66.6 Å². The number of hydrogen-bond acceptors (Lipinski definition) is 5. The molecular weight excluding hydrogens is 270 g/mol. The Balaban J connectivity index is 2.91. The highest BCUT2D eigenvalue weighted by atomic mass is 32.2. The molecule has 0 fully saturated rings. The number of thioether (sulfide) groups is 1. The molecule has 2 heterocycles. The maximum absolute atomic E-state index is 12.0. The number of Topliss-reactive ketones (excluding diaryl/α,β-unsaturated/α-hetero) is 1. The second-order valence-corrected chi connectivity index (χ2v) is 5.04. The van der Waals surface area contributed by atoms with Crippen LogP contribution in [0.2, 0.25) is 0 Å². The number of rotatable bonds is 3. The normalized spacial score (nSPS) is 10.1. The minimum atomic E-state index is -0.0991. The van der Waals surface area contributed by atoms with E-state index >= 15 is 0 Å². The molecule has 20 heavy (non-hydrogen) atoms. The molecule has 0 saturated carbocycles. The van der Waals surface area contributed by atoms with Gasteiger partial charge in [-0.2, -0.15) is 5.26 Å². The van der Waals surface area contributed by atoms with Crippen LogP contribution in [0, 0.1) is 18.3 Å². The first-order valence-electron chi connectivity index (χ1n) is 6.00. The van der Waals surface area contributed by atoms with Gasteiger partial charge < -0.3 is 0 Å². The first-order valence-corrected chi connectivity index (χ1v) is 7.22. The lowest BCUT2D eigenvalue weighted by atomic mass is 9.94. The molecule has 5 heteroatoms. The molecule has 0 aliphatic rings. The van der Waals surface area contributed by atoms with Crippen molar-refractivity contribution in [1.29, 1.82) is 5.26 Å². The van der Waals surface area contributed by atoms with Gasteiger partial charge in [-0.05, 0) is 26.2 Å². The molecule has 0 bridgehead atoms. The van der Waals surface area contributed by atoms with Crippen LogP contribution < -0.4 is 0 Å². The van der Waals surface area contributed by atoms with Crippen LogP contribution in [-0.4, -0.2) is 22.0 Å². The van der Waals surface area contributed by atoms with Crippen molar-refractivity contribution in [3.05, 3.63) is 41.3 Å². The Morgan fingerprint density at radius 1 is 1.45 bits per heavy atom. The maximum atomic E-state index is 12.0. The van der Waals surface area contributed by atoms with E-state index in [0.29, 0.717) is 27.4 Å². The molecule has 0 atom stereocenters. The van der Waals surface area contributed by atoms with Crippen LogP contribution >= 0.6 is 11.8 Å². The van der Waals surface area contributed by atoms with Crippen molar-refractivity contribution in [2.75, 3.05) is 6.26 Å². The Hall–Kier alpha value is -2.19. The SMILES string of the molecule is CSc1nc(C)c(C(C)=O)c(-c2cccnc2)c1C#N. The van der Waals surface area contributed by atoms with Gasteiger partial charge in [0.2, 0.25) is 0 Å². The van der Waals surface area contributed by atoms with Crippen molar-refractivity contribution >= 4 is 17.5 Å². The average Bonchev–Trinajstić information content (AvgIpc) is 2.46. The zero-order valence-electron chi connectivity index (χ0n) is 11.5. The highest BCUT2D eigenvalue weighted by Crippen LogP contribution is 2.33. The summed E-state index contributed by atoms with van der Waals surface area (Å²) in [5.74, 6) is -0.0991. The third kappa shape index (κ3) is 2.43. The Labute approximate surface area is 121 Å². The molecule has 0 aromatic carbocycles. The van der Waals surface area contributed by atoms with Gasteiger partial charge in [-0.3, -0.25) is 9.78 Å². The zero-order chi connectivity index (χ0) is 14.7. The van der Waals surface area contributed by atoms with Crippen molar-refractivity contribution in [2.24, 2.45) is 0 Å². The summed E-state index contributed by atoms with van der Waals surface area (Å²) in [6, 6.07) is 5.81. The summed E-state index contributed by atoms with van der Waals surface area (Å²) in [4.78, 5) is 20.4. The first kappa shape index (κ1) is 14.2. The van der Waals surface area contributed by atoms with Gasteiger partial charge in [-0.1, -0.05) is 6.07 Å². The van der Waals surface area contributed by atoms with Gasteiger partial charge in [-0.15, -0.1) is 11.8 Å². The van der Waals surface area contributed by atoms with Crippen molar-refractivity contribution in [3.63, 3.8) is 0 Å². The van der Waals surface area contributed by atoms with Crippen LogP contribution in [0.3, 0.4) is 0 Å². The predicted octanol–water partition coefficient (Wildman–Crippen LogP) is 3.25. The third-order valence-corrected chi connectivity index (χ3v) is 3.63. The number of hydrogen-bond donors (Lipinski definition) is 0. The van der Waals surface area contributed by atoms with E-state index in [1.807, 2.05) is 12.3 Å². The first-order chi connectivity index (χ1) is 9.60. The van der Waals surface area contributed by atoms with Gasteiger partial charge in [0, 0.05) is 29.1 Å². The van der Waals surface area contributed by atoms with E-state index in [1.165, 1.54) is 18.7 Å². The standard InChI is InChI=1S/C15H13N3OS/c1-9-13(10(2)19)14(11-5-4-6-17-8-11)12(7-16)15(18-9)20-3/h4-6,8H,1-3H3. The summed E-state index contributed by atoms with van der Waals surface area (Å²) in [7, 11) is 0. The highest BCUT2D eigenvalue weighted by Gasteiger charge is 2.21. The van der Waals surface area contributed by atoms with E-state index in [1.54, 1.807) is 25.4 Å². The molecule has 2 rings (SSSR count). The zero-order valence-corrected chi connectivity index (χ0v) is 12.3. The lowest BCUT2D eigenvalue weighted by Crippen LogP contribution is -2.06. The van der Waals surface area contributed by atoms with E-state index in [0.717, 1.165) is 5.56 Å². The minimum Gasteiger partial charge on any atom is -0.294 e. The Morgan fingerprint density at radius 2 is 2.20 bits per heavy atom. The molecule has 2 aromatic rings. The molecule has 0 unspecified atom stereocenters. The fourth-order valence-electron chi connectivity index (χ4n) is 2.16. The summed E-state index contributed by atoms with van der Waals surface area (Å²) < 4.78 is 0. The quantitative estimate of drug-likeness (QED) is 0.639. The summed E-state index contributed by atoms with van der Waals surface area (Å²) in [6.45, 7) is 3.28. The average molecular weight is 283 g/mol. The molecule has 0 N–H and O–H groups in total. The van der Waals surface area contributed by atoms with Crippen molar-refractivity contribution < 1.29 is 4.79 Å². The van der Waals surface area contributed by atoms with Gasteiger partial charge in [-0.25, -0.2) is 4.98 Å². The molecule has 0 aliphatic carbocycles. The smallest absolute Gasteiger partial charge is 0.162 e. The van der Waals surface area contributed by atoms with Gasteiger partial charge in [0.15, 0.2) is 5.78 Å². The van der Waals surface area contributed by atoms with Gasteiger partial charge >= 0.3 is 0 Å². The van der Waals surface area contributed by atoms with Crippen LogP contribution in [0.15, 0.2) is 29.6 Å². The molecule has 0 radical (unpaired) electrons. The summed E-state index contributed by atoms with van der Waals surface area (Å²) >= 11 is 1.40. The molecule has 0 amide bonds.